The summed E-state index contributed by atoms with van der Waals surface area (Å²) in [6.07, 6.45) is 8.29. The Bertz CT molecular complexity index is 898. The Morgan fingerprint density at radius 1 is 0.633 bits per heavy atom. The van der Waals surface area contributed by atoms with Crippen LogP contribution in [0.1, 0.15) is 63.9 Å². The number of hydrogen-bond acceptors (Lipinski definition) is 1. The Balaban J connectivity index is 1.41. The number of ether oxygens (including phenoxy) is 1. The lowest BCUT2D eigenvalue weighted by atomic mass is 9.77. The molecule has 3 aromatic carbocycles. The maximum atomic E-state index is 5.54. The minimum absolute atomic E-state index is 0.701. The summed E-state index contributed by atoms with van der Waals surface area (Å²) >= 11 is 0. The van der Waals surface area contributed by atoms with E-state index in [4.69, 9.17) is 4.74 Å². The molecule has 1 aliphatic carbocycles. The van der Waals surface area contributed by atoms with Gasteiger partial charge in [0.15, 0.2) is 0 Å². The van der Waals surface area contributed by atoms with Gasteiger partial charge in [-0.25, -0.2) is 0 Å². The Kier molecular flexibility index (Phi) is 6.89. The van der Waals surface area contributed by atoms with E-state index in [1.165, 1.54) is 66.3 Å². The van der Waals surface area contributed by atoms with Gasteiger partial charge in [-0.05, 0) is 84.4 Å². The average Bonchev–Trinajstić information content (AvgIpc) is 2.81. The maximum absolute atomic E-state index is 5.54. The quantitative estimate of drug-likeness (QED) is 0.387. The second-order valence-corrected chi connectivity index (χ2v) is 8.66. The first-order chi connectivity index (χ1) is 14.8. The van der Waals surface area contributed by atoms with Crippen LogP contribution >= 0.6 is 0 Å². The van der Waals surface area contributed by atoms with Gasteiger partial charge in [-0.3, -0.25) is 0 Å². The van der Waals surface area contributed by atoms with E-state index in [9.17, 15) is 0 Å². The summed E-state index contributed by atoms with van der Waals surface area (Å²) < 4.78 is 5.54. The molecule has 3 aromatic rings. The summed E-state index contributed by atoms with van der Waals surface area (Å²) in [5.41, 5.74) is 6.57. The van der Waals surface area contributed by atoms with Crippen LogP contribution in [0.4, 0.5) is 0 Å². The van der Waals surface area contributed by atoms with Gasteiger partial charge in [0.1, 0.15) is 5.75 Å². The minimum atomic E-state index is 0.701. The lowest BCUT2D eigenvalue weighted by Crippen LogP contribution is -2.13. The molecule has 4 rings (SSSR count). The van der Waals surface area contributed by atoms with E-state index in [1.54, 1.807) is 0 Å². The predicted octanol–water partition coefficient (Wildman–Crippen LogP) is 8.49. The van der Waals surface area contributed by atoms with Crippen LogP contribution in [-0.4, -0.2) is 6.61 Å². The van der Waals surface area contributed by atoms with Crippen molar-refractivity contribution in [3.8, 4) is 28.0 Å². The first kappa shape index (κ1) is 20.7. The van der Waals surface area contributed by atoms with Crippen molar-refractivity contribution >= 4 is 0 Å². The largest absolute Gasteiger partial charge is 0.494 e. The molecule has 0 saturated heterocycles. The van der Waals surface area contributed by atoms with Crippen molar-refractivity contribution in [3.63, 3.8) is 0 Å². The van der Waals surface area contributed by atoms with E-state index in [1.807, 2.05) is 19.1 Å². The third-order valence-corrected chi connectivity index (χ3v) is 6.64. The highest BCUT2D eigenvalue weighted by Crippen LogP contribution is 2.38. The summed E-state index contributed by atoms with van der Waals surface area (Å²) in [6, 6.07) is 26.6. The zero-order valence-corrected chi connectivity index (χ0v) is 18.4. The smallest absolute Gasteiger partial charge is 0.119 e. The molecule has 0 amide bonds. The monoisotopic (exact) mass is 398 g/mol. The summed E-state index contributed by atoms with van der Waals surface area (Å²) in [6.45, 7) is 5.03. The van der Waals surface area contributed by atoms with Crippen LogP contribution < -0.4 is 4.74 Å². The van der Waals surface area contributed by atoms with Gasteiger partial charge in [0.2, 0.25) is 0 Å². The van der Waals surface area contributed by atoms with E-state index in [2.05, 4.69) is 67.6 Å². The zero-order valence-electron chi connectivity index (χ0n) is 18.4. The highest BCUT2D eigenvalue weighted by atomic mass is 16.5. The number of hydrogen-bond donors (Lipinski definition) is 0. The zero-order chi connectivity index (χ0) is 20.8. The van der Waals surface area contributed by atoms with E-state index in [0.29, 0.717) is 6.61 Å². The Labute approximate surface area is 182 Å². The molecule has 0 unspecified atom stereocenters. The Morgan fingerprint density at radius 3 is 1.57 bits per heavy atom. The van der Waals surface area contributed by atoms with Crippen molar-refractivity contribution in [2.75, 3.05) is 6.61 Å². The Hall–Kier alpha value is -2.54. The van der Waals surface area contributed by atoms with E-state index in [-0.39, 0.29) is 0 Å². The van der Waals surface area contributed by atoms with E-state index < -0.39 is 0 Å². The molecule has 0 bridgehead atoms. The topological polar surface area (TPSA) is 9.23 Å². The fourth-order valence-corrected chi connectivity index (χ4v) is 4.91. The van der Waals surface area contributed by atoms with Gasteiger partial charge in [-0.1, -0.05) is 80.4 Å². The van der Waals surface area contributed by atoms with Crippen molar-refractivity contribution in [1.82, 2.24) is 0 Å². The molecule has 1 saturated carbocycles. The molecule has 0 atom stereocenters. The van der Waals surface area contributed by atoms with Crippen LogP contribution in [0.25, 0.3) is 22.3 Å². The maximum Gasteiger partial charge on any atom is 0.119 e. The van der Waals surface area contributed by atoms with Gasteiger partial charge in [0.25, 0.3) is 0 Å². The second-order valence-electron chi connectivity index (χ2n) is 8.66. The molecule has 0 spiro atoms. The molecule has 30 heavy (non-hydrogen) atoms. The van der Waals surface area contributed by atoms with Crippen LogP contribution in [0.15, 0.2) is 72.8 Å². The summed E-state index contributed by atoms with van der Waals surface area (Å²) in [7, 11) is 0. The lowest BCUT2D eigenvalue weighted by Gasteiger charge is -2.28. The van der Waals surface area contributed by atoms with Crippen LogP contribution in [0.5, 0.6) is 5.75 Å². The van der Waals surface area contributed by atoms with Crippen molar-refractivity contribution in [2.45, 2.75) is 58.3 Å². The molecule has 0 N–H and O–H groups in total. The summed E-state index contributed by atoms with van der Waals surface area (Å²) in [5, 5.41) is 0. The molecule has 0 aromatic heterocycles. The van der Waals surface area contributed by atoms with Crippen molar-refractivity contribution in [2.24, 2.45) is 5.92 Å². The second kappa shape index (κ2) is 9.98. The van der Waals surface area contributed by atoms with Crippen LogP contribution in [0.3, 0.4) is 0 Å². The highest BCUT2D eigenvalue weighted by molar-refractivity contribution is 5.70. The fraction of sp³-hybridized carbons (Fsp3) is 0.379. The molecular formula is C29H34O. The van der Waals surface area contributed by atoms with Crippen molar-refractivity contribution in [3.05, 3.63) is 78.4 Å². The summed E-state index contributed by atoms with van der Waals surface area (Å²) in [4.78, 5) is 0. The predicted molar refractivity (Wildman–Crippen MR) is 128 cm³/mol. The molecule has 1 fully saturated rings. The molecular weight excluding hydrogens is 364 g/mol. The third-order valence-electron chi connectivity index (χ3n) is 6.64. The van der Waals surface area contributed by atoms with Gasteiger partial charge in [0, 0.05) is 0 Å². The van der Waals surface area contributed by atoms with Gasteiger partial charge < -0.3 is 4.74 Å². The average molecular weight is 399 g/mol. The molecule has 1 heteroatoms. The molecule has 0 radical (unpaired) electrons. The molecule has 156 valence electrons. The van der Waals surface area contributed by atoms with Crippen molar-refractivity contribution < 1.29 is 4.74 Å². The standard InChI is InChI=1S/C29H34O/c1-3-5-22-6-8-23(9-7-22)24-10-12-25(13-11-24)26-14-16-27(17-15-26)28-18-20-29(21-19-28)30-4-2/h10-23H,3-9H2,1-2H3. The normalized spacial score (nSPS) is 18.9. The van der Waals surface area contributed by atoms with Crippen LogP contribution in [0, 0.1) is 5.92 Å². The van der Waals surface area contributed by atoms with Crippen molar-refractivity contribution in [1.29, 1.82) is 0 Å². The number of rotatable bonds is 7. The Morgan fingerprint density at radius 2 is 1.10 bits per heavy atom. The number of benzene rings is 3. The van der Waals surface area contributed by atoms with E-state index >= 15 is 0 Å². The lowest BCUT2D eigenvalue weighted by molar-refractivity contribution is 0.308. The molecule has 0 heterocycles. The first-order valence-corrected chi connectivity index (χ1v) is 11.7. The van der Waals surface area contributed by atoms with Gasteiger partial charge in [-0.15, -0.1) is 0 Å². The fourth-order valence-electron chi connectivity index (χ4n) is 4.91. The minimum Gasteiger partial charge on any atom is -0.494 e. The third kappa shape index (κ3) is 4.95. The molecule has 0 aliphatic heterocycles. The van der Waals surface area contributed by atoms with Gasteiger partial charge in [0.05, 0.1) is 6.61 Å². The van der Waals surface area contributed by atoms with Gasteiger partial charge >= 0.3 is 0 Å². The SMILES string of the molecule is CCCC1CCC(c2ccc(-c3ccc(-c4ccc(OCC)cc4)cc3)cc2)CC1. The van der Waals surface area contributed by atoms with Crippen LogP contribution in [0.2, 0.25) is 0 Å². The van der Waals surface area contributed by atoms with Crippen LogP contribution in [-0.2, 0) is 0 Å². The first-order valence-electron chi connectivity index (χ1n) is 11.7. The molecule has 1 nitrogen and oxygen atoms in total. The van der Waals surface area contributed by atoms with E-state index in [0.717, 1.165) is 17.6 Å². The summed E-state index contributed by atoms with van der Waals surface area (Å²) in [5.74, 6) is 2.66. The van der Waals surface area contributed by atoms with Gasteiger partial charge in [-0.2, -0.15) is 0 Å². The highest BCUT2D eigenvalue weighted by Gasteiger charge is 2.21. The molecule has 1 aliphatic rings.